The van der Waals surface area contributed by atoms with Crippen LogP contribution in [0.5, 0.6) is 0 Å². The molecule has 1 saturated heterocycles. The zero-order valence-electron chi connectivity index (χ0n) is 13.1. The van der Waals surface area contributed by atoms with E-state index in [4.69, 9.17) is 0 Å². The van der Waals surface area contributed by atoms with E-state index in [0.29, 0.717) is 18.8 Å². The Balaban J connectivity index is 1.89. The average Bonchev–Trinajstić information content (AvgIpc) is 2.87. The Morgan fingerprint density at radius 2 is 2.17 bits per heavy atom. The summed E-state index contributed by atoms with van der Waals surface area (Å²) in [6, 6.07) is 1.73. The van der Waals surface area contributed by atoms with Crippen molar-refractivity contribution in [1.82, 2.24) is 24.1 Å². The monoisotopic (exact) mass is 337 g/mol. The first-order valence-corrected chi connectivity index (χ1v) is 8.87. The van der Waals surface area contributed by atoms with Crippen molar-refractivity contribution in [2.24, 2.45) is 7.05 Å². The van der Waals surface area contributed by atoms with Gasteiger partial charge in [0.1, 0.15) is 4.90 Å². The van der Waals surface area contributed by atoms with Crippen LogP contribution in [0, 0.1) is 6.92 Å². The number of aromatic nitrogens is 4. The van der Waals surface area contributed by atoms with Crippen LogP contribution >= 0.6 is 0 Å². The van der Waals surface area contributed by atoms with Gasteiger partial charge in [0.2, 0.25) is 10.0 Å². The van der Waals surface area contributed by atoms with Crippen LogP contribution in [0.2, 0.25) is 0 Å². The van der Waals surface area contributed by atoms with Crippen molar-refractivity contribution < 1.29 is 8.42 Å². The molecular formula is C14H19N5O3S. The first kappa shape index (κ1) is 15.9. The molecule has 3 rings (SSSR count). The summed E-state index contributed by atoms with van der Waals surface area (Å²) in [6.07, 6.45) is 4.56. The molecular weight excluding hydrogens is 318 g/mol. The number of nitrogens with zero attached hydrogens (tertiary/aromatic N) is 4. The number of aromatic amines is 1. The summed E-state index contributed by atoms with van der Waals surface area (Å²) in [7, 11) is -1.88. The van der Waals surface area contributed by atoms with Gasteiger partial charge >= 0.3 is 5.69 Å². The Hall–Kier alpha value is -2.00. The number of H-pyrrole nitrogens is 1. The Kier molecular flexibility index (Phi) is 4.07. The van der Waals surface area contributed by atoms with E-state index < -0.39 is 15.7 Å². The maximum atomic E-state index is 12.9. The third kappa shape index (κ3) is 3.06. The topological polar surface area (TPSA) is 101 Å². The maximum Gasteiger partial charge on any atom is 0.345 e. The van der Waals surface area contributed by atoms with Crippen LogP contribution in [0.4, 0.5) is 0 Å². The van der Waals surface area contributed by atoms with Gasteiger partial charge in [0, 0.05) is 44.1 Å². The first-order valence-electron chi connectivity index (χ1n) is 7.43. The first-order chi connectivity index (χ1) is 10.9. The molecule has 1 atom stereocenters. The van der Waals surface area contributed by atoms with E-state index in [0.717, 1.165) is 18.5 Å². The highest BCUT2D eigenvalue weighted by Crippen LogP contribution is 2.29. The van der Waals surface area contributed by atoms with Gasteiger partial charge in [0.15, 0.2) is 0 Å². The van der Waals surface area contributed by atoms with Crippen LogP contribution in [0.25, 0.3) is 0 Å². The van der Waals surface area contributed by atoms with Gasteiger partial charge in [-0.2, -0.15) is 9.40 Å². The van der Waals surface area contributed by atoms with Gasteiger partial charge in [-0.1, -0.05) is 0 Å². The smallest absolute Gasteiger partial charge is 0.309 e. The van der Waals surface area contributed by atoms with Crippen LogP contribution in [0.3, 0.4) is 0 Å². The minimum atomic E-state index is -3.58. The van der Waals surface area contributed by atoms with Gasteiger partial charge in [0.25, 0.3) is 0 Å². The van der Waals surface area contributed by atoms with Gasteiger partial charge < -0.3 is 4.98 Å². The number of hydrogen-bond donors (Lipinski definition) is 1. The summed E-state index contributed by atoms with van der Waals surface area (Å²) in [5.74, 6) is -0.0359. The summed E-state index contributed by atoms with van der Waals surface area (Å²) in [4.78, 5) is 17.9. The van der Waals surface area contributed by atoms with Gasteiger partial charge in [-0.05, 0) is 25.8 Å². The average molecular weight is 337 g/mol. The third-order valence-corrected chi connectivity index (χ3v) is 6.08. The third-order valence-electron chi connectivity index (χ3n) is 4.11. The van der Waals surface area contributed by atoms with Crippen LogP contribution in [0.1, 0.15) is 30.1 Å². The minimum Gasteiger partial charge on any atom is -0.309 e. The molecule has 0 saturated carbocycles. The number of aryl methyl sites for hydroxylation is 2. The Morgan fingerprint density at radius 3 is 2.83 bits per heavy atom. The van der Waals surface area contributed by atoms with E-state index in [1.54, 1.807) is 20.0 Å². The summed E-state index contributed by atoms with van der Waals surface area (Å²) < 4.78 is 28.7. The lowest BCUT2D eigenvalue weighted by molar-refractivity contribution is 0.312. The summed E-state index contributed by atoms with van der Waals surface area (Å²) in [5.41, 5.74) is 0.810. The Bertz CT molecular complexity index is 871. The van der Waals surface area contributed by atoms with Crippen molar-refractivity contribution in [1.29, 1.82) is 0 Å². The number of sulfonamides is 1. The molecule has 9 heteroatoms. The molecule has 0 aliphatic carbocycles. The van der Waals surface area contributed by atoms with Crippen molar-refractivity contribution in [3.63, 3.8) is 0 Å². The minimum absolute atomic E-state index is 0.0359. The van der Waals surface area contributed by atoms with Crippen LogP contribution in [0.15, 0.2) is 28.2 Å². The number of nitrogens with one attached hydrogen (secondary N) is 1. The largest absolute Gasteiger partial charge is 0.345 e. The van der Waals surface area contributed by atoms with Gasteiger partial charge in [-0.3, -0.25) is 4.68 Å². The lowest BCUT2D eigenvalue weighted by Crippen LogP contribution is -2.39. The highest BCUT2D eigenvalue weighted by atomic mass is 32.2. The van der Waals surface area contributed by atoms with Gasteiger partial charge in [-0.25, -0.2) is 18.2 Å². The molecule has 2 aromatic rings. The maximum absolute atomic E-state index is 12.9. The molecule has 8 nitrogen and oxygen atoms in total. The summed E-state index contributed by atoms with van der Waals surface area (Å²) >= 11 is 0. The van der Waals surface area contributed by atoms with Crippen molar-refractivity contribution in [3.8, 4) is 0 Å². The molecule has 1 aliphatic rings. The summed E-state index contributed by atoms with van der Waals surface area (Å²) in [5, 5.41) is 4.12. The van der Waals surface area contributed by atoms with E-state index >= 15 is 0 Å². The van der Waals surface area contributed by atoms with E-state index in [9.17, 15) is 13.2 Å². The fourth-order valence-electron chi connectivity index (χ4n) is 3.01. The number of piperidine rings is 1. The molecule has 3 heterocycles. The van der Waals surface area contributed by atoms with Gasteiger partial charge in [0.05, 0.1) is 5.69 Å². The normalized spacial score (nSPS) is 19.8. The quantitative estimate of drug-likeness (QED) is 0.872. The summed E-state index contributed by atoms with van der Waals surface area (Å²) in [6.45, 7) is 2.51. The second-order valence-corrected chi connectivity index (χ2v) is 7.69. The van der Waals surface area contributed by atoms with E-state index in [-0.39, 0.29) is 10.8 Å². The van der Waals surface area contributed by atoms with E-state index in [1.807, 2.05) is 0 Å². The molecule has 0 bridgehead atoms. The van der Waals surface area contributed by atoms with Crippen molar-refractivity contribution in [3.05, 3.63) is 40.3 Å². The van der Waals surface area contributed by atoms with Crippen molar-refractivity contribution in [2.45, 2.75) is 30.6 Å². The Labute approximate surface area is 134 Å². The molecule has 124 valence electrons. The number of hydrogen-bond acceptors (Lipinski definition) is 5. The number of rotatable bonds is 3. The SMILES string of the molecule is Cc1nn(C)cc1S(=O)(=O)N1CCC[C@@H](c2ccnc(=O)[nH]2)C1. The highest BCUT2D eigenvalue weighted by molar-refractivity contribution is 7.89. The molecule has 0 amide bonds. The fraction of sp³-hybridized carbons (Fsp3) is 0.500. The molecule has 0 unspecified atom stereocenters. The molecule has 0 radical (unpaired) electrons. The fourth-order valence-corrected chi connectivity index (χ4v) is 4.73. The second-order valence-electron chi connectivity index (χ2n) is 5.78. The molecule has 2 aromatic heterocycles. The van der Waals surface area contributed by atoms with Gasteiger partial charge in [-0.15, -0.1) is 0 Å². The highest BCUT2D eigenvalue weighted by Gasteiger charge is 2.33. The van der Waals surface area contributed by atoms with Crippen LogP contribution in [-0.2, 0) is 17.1 Å². The molecule has 1 aliphatic heterocycles. The standard InChI is InChI=1S/C14H19N5O3S/c1-10-13(9-18(2)17-10)23(21,22)19-7-3-4-11(8-19)12-5-6-15-14(20)16-12/h5-6,9,11H,3-4,7-8H2,1-2H3,(H,15,16,20)/t11-/m1/s1. The van der Waals surface area contributed by atoms with Crippen molar-refractivity contribution >= 4 is 10.0 Å². The Morgan fingerprint density at radius 1 is 1.39 bits per heavy atom. The molecule has 1 N–H and O–H groups in total. The molecule has 0 spiro atoms. The lowest BCUT2D eigenvalue weighted by Gasteiger charge is -2.31. The molecule has 1 fully saturated rings. The van der Waals surface area contributed by atoms with E-state index in [2.05, 4.69) is 15.1 Å². The zero-order valence-corrected chi connectivity index (χ0v) is 13.9. The van der Waals surface area contributed by atoms with E-state index in [1.165, 1.54) is 21.4 Å². The van der Waals surface area contributed by atoms with Crippen LogP contribution in [-0.4, -0.2) is 45.6 Å². The zero-order chi connectivity index (χ0) is 16.6. The van der Waals surface area contributed by atoms with Crippen LogP contribution < -0.4 is 5.69 Å². The molecule has 23 heavy (non-hydrogen) atoms. The predicted molar refractivity (Wildman–Crippen MR) is 83.5 cm³/mol. The lowest BCUT2D eigenvalue weighted by atomic mass is 9.96. The molecule has 0 aromatic carbocycles. The predicted octanol–water partition coefficient (Wildman–Crippen LogP) is 0.380. The van der Waals surface area contributed by atoms with Crippen molar-refractivity contribution in [2.75, 3.05) is 13.1 Å². The second kappa shape index (κ2) is 5.89.